The van der Waals surface area contributed by atoms with E-state index in [2.05, 4.69) is 38.3 Å². The van der Waals surface area contributed by atoms with Crippen molar-refractivity contribution in [1.29, 1.82) is 0 Å². The Morgan fingerprint density at radius 3 is 2.86 bits per heavy atom. The van der Waals surface area contributed by atoms with Crippen molar-refractivity contribution >= 4 is 15.9 Å². The molecule has 0 atom stereocenters. The third kappa shape index (κ3) is 4.68. The van der Waals surface area contributed by atoms with E-state index < -0.39 is 0 Å². The Kier molecular flexibility index (Phi) is 5.52. The fourth-order valence-electron chi connectivity index (χ4n) is 2.50. The molecule has 0 radical (unpaired) electrons. The van der Waals surface area contributed by atoms with Crippen LogP contribution in [0.5, 0.6) is 5.75 Å². The number of halogens is 1. The van der Waals surface area contributed by atoms with Gasteiger partial charge in [-0.05, 0) is 34.8 Å². The fourth-order valence-corrected chi connectivity index (χ4v) is 3.02. The van der Waals surface area contributed by atoms with Crippen LogP contribution < -0.4 is 10.1 Å². The molecule has 5 heteroatoms. The van der Waals surface area contributed by atoms with Crippen LogP contribution in [0, 0.1) is 0 Å². The Balaban J connectivity index is 1.52. The minimum absolute atomic E-state index is 0.713. The van der Waals surface area contributed by atoms with Gasteiger partial charge in [0.25, 0.3) is 0 Å². The van der Waals surface area contributed by atoms with Gasteiger partial charge in [0, 0.05) is 37.8 Å². The molecule has 1 saturated carbocycles. The summed E-state index contributed by atoms with van der Waals surface area (Å²) in [4.78, 5) is 2.39. The summed E-state index contributed by atoms with van der Waals surface area (Å²) in [5.74, 6) is 0.985. The van der Waals surface area contributed by atoms with E-state index in [1.165, 1.54) is 18.4 Å². The van der Waals surface area contributed by atoms with Crippen LogP contribution in [-0.2, 0) is 11.3 Å². The number of nitrogens with zero attached hydrogens (tertiary/aromatic N) is 1. The van der Waals surface area contributed by atoms with Crippen molar-refractivity contribution < 1.29 is 9.47 Å². The van der Waals surface area contributed by atoms with Crippen LogP contribution in [-0.4, -0.2) is 50.4 Å². The number of hydrogen-bond donors (Lipinski definition) is 1. The Labute approximate surface area is 134 Å². The molecule has 1 aliphatic heterocycles. The third-order valence-electron chi connectivity index (χ3n) is 3.96. The fraction of sp³-hybridized carbons (Fsp3) is 0.625. The number of morpholine rings is 1. The van der Waals surface area contributed by atoms with Gasteiger partial charge in [0.05, 0.1) is 17.7 Å². The molecule has 1 aliphatic carbocycles. The molecule has 1 N–H and O–H groups in total. The Hall–Kier alpha value is -0.620. The Bertz CT molecular complexity index is 460. The van der Waals surface area contributed by atoms with Crippen molar-refractivity contribution in [2.45, 2.75) is 25.4 Å². The van der Waals surface area contributed by atoms with Gasteiger partial charge in [-0.2, -0.15) is 0 Å². The van der Waals surface area contributed by atoms with Gasteiger partial charge < -0.3 is 14.8 Å². The van der Waals surface area contributed by atoms with Gasteiger partial charge >= 0.3 is 0 Å². The topological polar surface area (TPSA) is 33.7 Å². The van der Waals surface area contributed by atoms with Gasteiger partial charge in [0.1, 0.15) is 12.4 Å². The summed E-state index contributed by atoms with van der Waals surface area (Å²) in [6, 6.07) is 6.97. The van der Waals surface area contributed by atoms with Crippen molar-refractivity contribution in [1.82, 2.24) is 10.2 Å². The second-order valence-electron chi connectivity index (χ2n) is 5.69. The molecule has 21 heavy (non-hydrogen) atoms. The number of rotatable bonds is 7. The minimum atomic E-state index is 0.713. The molecule has 3 rings (SSSR count). The second-order valence-corrected chi connectivity index (χ2v) is 6.54. The highest BCUT2D eigenvalue weighted by atomic mass is 79.9. The number of para-hydroxylation sites is 1. The SMILES string of the molecule is Brc1cccc(CNC2CC2)c1OCCN1CCOCC1. The van der Waals surface area contributed by atoms with E-state index in [-0.39, 0.29) is 0 Å². The molecular weight excluding hydrogens is 332 g/mol. The molecule has 1 heterocycles. The first kappa shape index (κ1) is 15.3. The number of nitrogens with one attached hydrogen (secondary N) is 1. The monoisotopic (exact) mass is 354 g/mol. The lowest BCUT2D eigenvalue weighted by atomic mass is 10.2. The minimum Gasteiger partial charge on any atom is -0.491 e. The molecule has 1 aromatic carbocycles. The summed E-state index contributed by atoms with van der Waals surface area (Å²) in [7, 11) is 0. The number of ether oxygens (including phenoxy) is 2. The van der Waals surface area contributed by atoms with Gasteiger partial charge in [0.2, 0.25) is 0 Å². The lowest BCUT2D eigenvalue weighted by Gasteiger charge is -2.26. The first-order valence-electron chi connectivity index (χ1n) is 7.76. The normalized spacial score (nSPS) is 19.7. The van der Waals surface area contributed by atoms with Crippen molar-refractivity contribution in [3.63, 3.8) is 0 Å². The first-order chi connectivity index (χ1) is 10.3. The first-order valence-corrected chi connectivity index (χ1v) is 8.56. The largest absolute Gasteiger partial charge is 0.491 e. The van der Waals surface area contributed by atoms with Crippen LogP contribution in [0.4, 0.5) is 0 Å². The van der Waals surface area contributed by atoms with Crippen molar-refractivity contribution in [2.24, 2.45) is 0 Å². The van der Waals surface area contributed by atoms with Crippen LogP contribution >= 0.6 is 15.9 Å². The van der Waals surface area contributed by atoms with E-state index in [4.69, 9.17) is 9.47 Å². The quantitative estimate of drug-likeness (QED) is 0.815. The lowest BCUT2D eigenvalue weighted by Crippen LogP contribution is -2.38. The van der Waals surface area contributed by atoms with Gasteiger partial charge in [-0.1, -0.05) is 12.1 Å². The van der Waals surface area contributed by atoms with Crippen molar-refractivity contribution in [3.8, 4) is 5.75 Å². The molecule has 2 aliphatic rings. The molecule has 0 bridgehead atoms. The molecule has 1 aromatic rings. The number of benzene rings is 1. The maximum atomic E-state index is 6.05. The van der Waals surface area contributed by atoms with Gasteiger partial charge in [-0.15, -0.1) is 0 Å². The molecular formula is C16H23BrN2O2. The van der Waals surface area contributed by atoms with Crippen molar-refractivity contribution in [3.05, 3.63) is 28.2 Å². The van der Waals surface area contributed by atoms with Crippen molar-refractivity contribution in [2.75, 3.05) is 39.5 Å². The van der Waals surface area contributed by atoms with Gasteiger partial charge in [0.15, 0.2) is 0 Å². The maximum Gasteiger partial charge on any atom is 0.138 e. The summed E-state index contributed by atoms with van der Waals surface area (Å²) in [6.07, 6.45) is 2.61. The molecule has 4 nitrogen and oxygen atoms in total. The highest BCUT2D eigenvalue weighted by Gasteiger charge is 2.21. The Morgan fingerprint density at radius 2 is 2.10 bits per heavy atom. The predicted octanol–water partition coefficient (Wildman–Crippen LogP) is 2.41. The zero-order valence-electron chi connectivity index (χ0n) is 12.3. The molecule has 2 fully saturated rings. The molecule has 1 saturated heterocycles. The van der Waals surface area contributed by atoms with E-state index in [1.54, 1.807) is 0 Å². The zero-order chi connectivity index (χ0) is 14.5. The molecule has 0 unspecified atom stereocenters. The van der Waals surface area contributed by atoms with Crippen LogP contribution in [0.3, 0.4) is 0 Å². The summed E-state index contributed by atoms with van der Waals surface area (Å²) >= 11 is 3.61. The summed E-state index contributed by atoms with van der Waals surface area (Å²) in [5, 5.41) is 3.55. The average Bonchev–Trinajstić information content (AvgIpc) is 3.33. The molecule has 0 spiro atoms. The summed E-state index contributed by atoms with van der Waals surface area (Å²) < 4.78 is 12.5. The third-order valence-corrected chi connectivity index (χ3v) is 4.59. The van der Waals surface area contributed by atoms with Gasteiger partial charge in [-0.3, -0.25) is 4.90 Å². The van der Waals surface area contributed by atoms with E-state index in [9.17, 15) is 0 Å². The van der Waals surface area contributed by atoms with Gasteiger partial charge in [-0.25, -0.2) is 0 Å². The highest BCUT2D eigenvalue weighted by Crippen LogP contribution is 2.30. The maximum absolute atomic E-state index is 6.05. The van der Waals surface area contributed by atoms with E-state index in [0.29, 0.717) is 6.04 Å². The lowest BCUT2D eigenvalue weighted by molar-refractivity contribution is 0.0321. The van der Waals surface area contributed by atoms with Crippen LogP contribution in [0.2, 0.25) is 0 Å². The van der Waals surface area contributed by atoms with Crippen LogP contribution in [0.15, 0.2) is 22.7 Å². The van der Waals surface area contributed by atoms with E-state index in [0.717, 1.165) is 56.2 Å². The summed E-state index contributed by atoms with van der Waals surface area (Å²) in [6.45, 7) is 6.26. The van der Waals surface area contributed by atoms with Crippen LogP contribution in [0.1, 0.15) is 18.4 Å². The van der Waals surface area contributed by atoms with E-state index in [1.807, 2.05) is 6.07 Å². The zero-order valence-corrected chi connectivity index (χ0v) is 13.9. The average molecular weight is 355 g/mol. The predicted molar refractivity (Wildman–Crippen MR) is 86.8 cm³/mol. The summed E-state index contributed by atoms with van der Waals surface area (Å²) in [5.41, 5.74) is 1.23. The standard InChI is InChI=1S/C16H23BrN2O2/c17-15-3-1-2-13(12-18-14-4-5-14)16(15)21-11-8-19-6-9-20-10-7-19/h1-3,14,18H,4-12H2. The van der Waals surface area contributed by atoms with E-state index >= 15 is 0 Å². The number of hydrogen-bond acceptors (Lipinski definition) is 4. The molecule has 0 aromatic heterocycles. The second kappa shape index (κ2) is 7.58. The Morgan fingerprint density at radius 1 is 1.29 bits per heavy atom. The molecule has 0 amide bonds. The highest BCUT2D eigenvalue weighted by molar-refractivity contribution is 9.10. The van der Waals surface area contributed by atoms with Crippen LogP contribution in [0.25, 0.3) is 0 Å². The molecule has 116 valence electrons. The smallest absolute Gasteiger partial charge is 0.138 e.